The van der Waals surface area contributed by atoms with Crippen molar-refractivity contribution in [3.8, 4) is 0 Å². The molecule has 0 fully saturated rings. The highest BCUT2D eigenvalue weighted by molar-refractivity contribution is 5.87. The zero-order valence-corrected chi connectivity index (χ0v) is 43.9. The van der Waals surface area contributed by atoms with E-state index >= 15 is 0 Å². The van der Waals surface area contributed by atoms with Crippen LogP contribution in [0.1, 0.15) is 55.4 Å². The summed E-state index contributed by atoms with van der Waals surface area (Å²) < 4.78 is 0. The Hall–Kier alpha value is -6.80. The minimum atomic E-state index is -1.11. The molecule has 20 N–H and O–H groups in total. The summed E-state index contributed by atoms with van der Waals surface area (Å²) in [5.74, 6) is -7.48. The Bertz CT molecular complexity index is 1260. The summed E-state index contributed by atoms with van der Waals surface area (Å²) in [6, 6.07) is 0. The Morgan fingerprint density at radius 2 is 0.253 bits per heavy atom. The van der Waals surface area contributed by atoms with E-state index in [1.165, 1.54) is 55.4 Å². The van der Waals surface area contributed by atoms with Gasteiger partial charge in [0.1, 0.15) is 0 Å². The van der Waals surface area contributed by atoms with E-state index in [2.05, 4.69) is 52.6 Å². The van der Waals surface area contributed by atoms with Gasteiger partial charge in [0.2, 0.25) is 0 Å². The highest BCUT2D eigenvalue weighted by atomic mass is 16.4. The molecule has 0 bridgehead atoms. The molecule has 0 radical (unpaired) electrons. The van der Waals surface area contributed by atoms with Crippen molar-refractivity contribution in [1.29, 1.82) is 0 Å². The summed E-state index contributed by atoms with van der Waals surface area (Å²) >= 11 is 0. The molecular weight excluding hydrogens is 1010 g/mol. The van der Waals surface area contributed by atoms with E-state index in [1.807, 2.05) is 0 Å². The maximum atomic E-state index is 9.60. The number of carboxylic acids is 8. The van der Waals surface area contributed by atoms with Crippen LogP contribution >= 0.6 is 0 Å². The quantitative estimate of drug-likeness (QED) is 0.0650. The van der Waals surface area contributed by atoms with Crippen LogP contribution in [0.2, 0.25) is 0 Å². The van der Waals surface area contributed by atoms with E-state index < -0.39 is 143 Å². The summed E-state index contributed by atoms with van der Waals surface area (Å²) in [5, 5.41) is 165. The number of carboxylic acid groups (broad SMARTS) is 8. The lowest BCUT2D eigenvalue weighted by atomic mass is 9.93. The molecule has 0 saturated heterocycles. The fourth-order valence-electron chi connectivity index (χ4n) is 0.900. The average molecular weight is 1100 g/mol. The fourth-order valence-corrected chi connectivity index (χ4v) is 0.900. The van der Waals surface area contributed by atoms with Crippen LogP contribution in [0.15, 0.2) is 97.2 Å². The highest BCUT2D eigenvalue weighted by Gasteiger charge is 2.28. The minimum Gasteiger partial charge on any atom is -0.478 e. The first-order valence-electron chi connectivity index (χ1n) is 20.3. The highest BCUT2D eigenvalue weighted by Crippen LogP contribution is 2.13. The van der Waals surface area contributed by atoms with Crippen molar-refractivity contribution in [1.82, 2.24) is 0 Å². The normalized spacial score (nSPS) is 9.12. The fraction of sp³-hybridized carbons (Fsp3) is 0.489. The summed E-state index contributed by atoms with van der Waals surface area (Å²) in [6.45, 7) is 31.9. The van der Waals surface area contributed by atoms with Crippen molar-refractivity contribution in [2.45, 2.75) is 55.4 Å². The van der Waals surface area contributed by atoms with Gasteiger partial charge in [0.15, 0.2) is 0 Å². The van der Waals surface area contributed by atoms with Crippen molar-refractivity contribution in [3.05, 3.63) is 97.2 Å². The van der Waals surface area contributed by atoms with Gasteiger partial charge in [0.05, 0.1) is 95.5 Å². The lowest BCUT2D eigenvalue weighted by Crippen LogP contribution is -2.37. The molecule has 0 amide bonds. The van der Waals surface area contributed by atoms with Gasteiger partial charge in [-0.15, -0.1) is 0 Å². The number of carbonyl (C=O) groups is 8. The summed E-state index contributed by atoms with van der Waals surface area (Å²) in [6.07, 6.45) is 0. The third-order valence-electron chi connectivity index (χ3n) is 6.95. The maximum Gasteiger partial charge on any atom is 0.330 e. The van der Waals surface area contributed by atoms with Crippen molar-refractivity contribution < 1.29 is 140 Å². The third kappa shape index (κ3) is 76.3. The van der Waals surface area contributed by atoms with Gasteiger partial charge in [-0.3, -0.25) is 0 Å². The van der Waals surface area contributed by atoms with Gasteiger partial charge in [-0.25, -0.2) is 38.4 Å². The molecule has 0 saturated carbocycles. The predicted octanol–water partition coefficient (Wildman–Crippen LogP) is -0.997. The first kappa shape index (κ1) is 94.1. The molecule has 28 nitrogen and oxygen atoms in total. The summed E-state index contributed by atoms with van der Waals surface area (Å²) in [4.78, 5) is 76.8. The molecular formula is C47H84O28. The largest absolute Gasteiger partial charge is 0.478 e. The Balaban J connectivity index is -0.0000000671. The molecule has 0 spiro atoms. The van der Waals surface area contributed by atoms with E-state index in [1.54, 1.807) is 0 Å². The van der Waals surface area contributed by atoms with Gasteiger partial charge in [-0.05, 0) is 55.4 Å². The monoisotopic (exact) mass is 1100 g/mol. The minimum absolute atomic E-state index is 0.176. The number of hydrogen-bond acceptors (Lipinski definition) is 20. The first-order valence-corrected chi connectivity index (χ1v) is 20.3. The summed E-state index contributed by atoms with van der Waals surface area (Å²) in [5.41, 5.74) is -1.93. The number of aliphatic hydroxyl groups is 12. The number of aliphatic hydroxyl groups excluding tert-OH is 12. The second-order valence-corrected chi connectivity index (χ2v) is 15.1. The Morgan fingerprint density at radius 3 is 0.253 bits per heavy atom. The molecule has 0 rings (SSSR count). The molecule has 0 aromatic carbocycles. The van der Waals surface area contributed by atoms with Gasteiger partial charge in [0.25, 0.3) is 0 Å². The SMILES string of the molecule is C=C(C)C(=O)O.C=C(C)C(=O)O.C=C(C)C(=O)O.C=C(C)C(=O)O.C=C(C)C(=O)O.C=C(C)C(=O)O.C=C(C)C(=O)O.C=C(C)C(=O)O.OCC(CO)(CO)CO.OCC(CO)(CO)CO.OCC(CO)(CO)CO. The van der Waals surface area contributed by atoms with Gasteiger partial charge < -0.3 is 102 Å². The zero-order valence-electron chi connectivity index (χ0n) is 43.9. The molecule has 75 heavy (non-hydrogen) atoms. The Morgan fingerprint density at radius 1 is 0.213 bits per heavy atom. The van der Waals surface area contributed by atoms with Gasteiger partial charge in [-0.2, -0.15) is 0 Å². The molecule has 0 aliphatic carbocycles. The number of aliphatic carboxylic acids is 8. The van der Waals surface area contributed by atoms with Gasteiger partial charge in [-0.1, -0.05) is 52.6 Å². The molecule has 440 valence electrons. The van der Waals surface area contributed by atoms with Crippen LogP contribution in [0.5, 0.6) is 0 Å². The molecule has 0 aromatic heterocycles. The topological polar surface area (TPSA) is 541 Å². The van der Waals surface area contributed by atoms with E-state index in [9.17, 15) is 38.4 Å². The third-order valence-corrected chi connectivity index (χ3v) is 6.95. The van der Waals surface area contributed by atoms with Crippen molar-refractivity contribution in [2.75, 3.05) is 79.3 Å². The second kappa shape index (κ2) is 58.1. The molecule has 0 heterocycles. The molecule has 28 heteroatoms. The van der Waals surface area contributed by atoms with E-state index in [-0.39, 0.29) is 44.6 Å². The summed E-state index contributed by atoms with van der Waals surface area (Å²) in [7, 11) is 0. The molecule has 0 aliphatic rings. The van der Waals surface area contributed by atoms with Crippen molar-refractivity contribution >= 4 is 47.8 Å². The number of hydrogen-bond donors (Lipinski definition) is 20. The lowest BCUT2D eigenvalue weighted by molar-refractivity contribution is -0.133. The molecule has 0 aliphatic heterocycles. The van der Waals surface area contributed by atoms with Crippen LogP contribution in [0.3, 0.4) is 0 Å². The van der Waals surface area contributed by atoms with E-state index in [0.29, 0.717) is 0 Å². The van der Waals surface area contributed by atoms with Crippen LogP contribution in [0, 0.1) is 16.2 Å². The van der Waals surface area contributed by atoms with Crippen LogP contribution in [0.4, 0.5) is 0 Å². The molecule has 0 atom stereocenters. The van der Waals surface area contributed by atoms with Gasteiger partial charge in [0, 0.05) is 44.6 Å². The maximum absolute atomic E-state index is 9.60. The van der Waals surface area contributed by atoms with Crippen molar-refractivity contribution in [3.63, 3.8) is 0 Å². The second-order valence-electron chi connectivity index (χ2n) is 15.1. The predicted molar refractivity (Wildman–Crippen MR) is 272 cm³/mol. The Kier molecular flexibility index (Phi) is 72.9. The van der Waals surface area contributed by atoms with Crippen LogP contribution in [-0.2, 0) is 38.4 Å². The average Bonchev–Trinajstić information content (AvgIpc) is 3.33. The lowest BCUT2D eigenvalue weighted by Gasteiger charge is -2.23. The van der Waals surface area contributed by atoms with Crippen molar-refractivity contribution in [2.24, 2.45) is 16.2 Å². The Labute approximate surface area is 435 Å². The zero-order chi connectivity index (χ0) is 63.2. The van der Waals surface area contributed by atoms with Crippen LogP contribution in [-0.4, -0.2) is 229 Å². The van der Waals surface area contributed by atoms with E-state index in [0.717, 1.165) is 0 Å². The smallest absolute Gasteiger partial charge is 0.330 e. The first-order chi connectivity index (χ1) is 33.9. The molecule has 0 aromatic rings. The number of rotatable bonds is 20. The van der Waals surface area contributed by atoms with Crippen LogP contribution < -0.4 is 0 Å². The van der Waals surface area contributed by atoms with E-state index in [4.69, 9.17) is 102 Å². The molecule has 0 unspecified atom stereocenters. The van der Waals surface area contributed by atoms with Gasteiger partial charge >= 0.3 is 47.8 Å². The van der Waals surface area contributed by atoms with Crippen LogP contribution in [0.25, 0.3) is 0 Å². The standard InChI is InChI=1S/3C5H12O4.8C4H6O2/c3*6-1-5(2-7,3-8)4-9;8*1-3(2)4(5)6/h3*6-9H,1-4H2;8*1H2,2H3,(H,5,6).